The minimum atomic E-state index is 0.109. The van der Waals surface area contributed by atoms with Crippen LogP contribution in [0.3, 0.4) is 0 Å². The first kappa shape index (κ1) is 18.0. The average Bonchev–Trinajstić information content (AvgIpc) is 2.74. The highest BCUT2D eigenvalue weighted by Gasteiger charge is 2.30. The number of carbonyl (C=O) groups excluding carboxylic acids is 1. The van der Waals surface area contributed by atoms with Gasteiger partial charge in [0.15, 0.2) is 0 Å². The molecule has 0 radical (unpaired) electrons. The summed E-state index contributed by atoms with van der Waals surface area (Å²) in [7, 11) is 0. The largest absolute Gasteiger partial charge is 0.378 e. The zero-order valence-corrected chi connectivity index (χ0v) is 15.9. The molecular weight excluding hydrogens is 338 g/mol. The van der Waals surface area contributed by atoms with E-state index in [0.717, 1.165) is 63.5 Å². The lowest BCUT2D eigenvalue weighted by atomic mass is 9.92. The van der Waals surface area contributed by atoms with Gasteiger partial charge in [-0.1, -0.05) is 18.2 Å². The van der Waals surface area contributed by atoms with Gasteiger partial charge in [0.05, 0.1) is 19.3 Å². The Bertz CT molecular complexity index is 787. The van der Waals surface area contributed by atoms with E-state index in [1.54, 1.807) is 0 Å². The third-order valence-corrected chi connectivity index (χ3v) is 5.62. The third kappa shape index (κ3) is 3.83. The molecule has 2 aliphatic rings. The second kappa shape index (κ2) is 8.09. The summed E-state index contributed by atoms with van der Waals surface area (Å²) < 4.78 is 5.44. The van der Waals surface area contributed by atoms with Crippen LogP contribution in [0.1, 0.15) is 46.8 Å². The van der Waals surface area contributed by atoms with Crippen molar-refractivity contribution in [1.82, 2.24) is 9.88 Å². The number of benzene rings is 1. The van der Waals surface area contributed by atoms with Gasteiger partial charge in [-0.3, -0.25) is 4.79 Å². The van der Waals surface area contributed by atoms with E-state index in [4.69, 9.17) is 9.72 Å². The second-order valence-corrected chi connectivity index (χ2v) is 7.37. The van der Waals surface area contributed by atoms with E-state index < -0.39 is 0 Å². The molecule has 2 fully saturated rings. The molecule has 1 unspecified atom stereocenters. The van der Waals surface area contributed by atoms with Gasteiger partial charge < -0.3 is 14.5 Å². The number of piperidine rings is 1. The van der Waals surface area contributed by atoms with E-state index in [1.165, 1.54) is 11.1 Å². The minimum absolute atomic E-state index is 0.109. The zero-order chi connectivity index (χ0) is 18.6. The highest BCUT2D eigenvalue weighted by Crippen LogP contribution is 2.34. The Morgan fingerprint density at radius 2 is 1.89 bits per heavy atom. The SMILES string of the molecule is Cc1cc(N2CCOCC2)ncc1C1CCCCN1C(=O)c1ccccc1. The molecule has 0 spiro atoms. The van der Waals surface area contributed by atoms with Crippen LogP contribution in [0.4, 0.5) is 5.82 Å². The summed E-state index contributed by atoms with van der Waals surface area (Å²) in [5.74, 6) is 1.13. The zero-order valence-electron chi connectivity index (χ0n) is 15.9. The minimum Gasteiger partial charge on any atom is -0.378 e. The fraction of sp³-hybridized carbons (Fsp3) is 0.455. The summed E-state index contributed by atoms with van der Waals surface area (Å²) in [4.78, 5) is 22.1. The Kier molecular flexibility index (Phi) is 5.39. The molecular formula is C22H27N3O2. The van der Waals surface area contributed by atoms with Crippen molar-refractivity contribution in [3.05, 3.63) is 59.3 Å². The summed E-state index contributed by atoms with van der Waals surface area (Å²) in [5.41, 5.74) is 3.15. The van der Waals surface area contributed by atoms with Gasteiger partial charge >= 0.3 is 0 Å². The van der Waals surface area contributed by atoms with Crippen LogP contribution in [0.15, 0.2) is 42.6 Å². The Balaban J connectivity index is 1.59. The van der Waals surface area contributed by atoms with Crippen molar-refractivity contribution in [2.45, 2.75) is 32.2 Å². The lowest BCUT2D eigenvalue weighted by Crippen LogP contribution is -2.39. The van der Waals surface area contributed by atoms with Gasteiger partial charge in [0.25, 0.3) is 5.91 Å². The molecule has 27 heavy (non-hydrogen) atoms. The number of amides is 1. The Labute approximate surface area is 161 Å². The molecule has 0 N–H and O–H groups in total. The van der Waals surface area contributed by atoms with Gasteiger partial charge in [0, 0.05) is 31.4 Å². The molecule has 1 atom stereocenters. The van der Waals surface area contributed by atoms with E-state index in [-0.39, 0.29) is 11.9 Å². The summed E-state index contributed by atoms with van der Waals surface area (Å²) in [6.07, 6.45) is 5.20. The average molecular weight is 365 g/mol. The van der Waals surface area contributed by atoms with Gasteiger partial charge in [0.2, 0.25) is 0 Å². The molecule has 5 heteroatoms. The molecule has 1 aromatic carbocycles. The quantitative estimate of drug-likeness (QED) is 0.834. The topological polar surface area (TPSA) is 45.7 Å². The summed E-state index contributed by atoms with van der Waals surface area (Å²) in [6.45, 7) is 6.22. The molecule has 1 amide bonds. The monoisotopic (exact) mass is 365 g/mol. The van der Waals surface area contributed by atoms with Gasteiger partial charge in [-0.15, -0.1) is 0 Å². The number of hydrogen-bond acceptors (Lipinski definition) is 4. The molecule has 2 aromatic rings. The molecule has 5 nitrogen and oxygen atoms in total. The second-order valence-electron chi connectivity index (χ2n) is 7.37. The van der Waals surface area contributed by atoms with E-state index in [0.29, 0.717) is 0 Å². The summed E-state index contributed by atoms with van der Waals surface area (Å²) >= 11 is 0. The van der Waals surface area contributed by atoms with Crippen molar-refractivity contribution in [2.24, 2.45) is 0 Å². The standard InChI is InChI=1S/C22H27N3O2/c1-17-15-21(24-11-13-27-14-12-24)23-16-19(17)20-9-5-6-10-25(20)22(26)18-7-3-2-4-8-18/h2-4,7-8,15-16,20H,5-6,9-14H2,1H3. The molecule has 0 saturated carbocycles. The van der Waals surface area contributed by atoms with Gasteiger partial charge in [-0.25, -0.2) is 4.98 Å². The van der Waals surface area contributed by atoms with Crippen LogP contribution in [0.5, 0.6) is 0 Å². The fourth-order valence-electron chi connectivity index (χ4n) is 4.11. The van der Waals surface area contributed by atoms with Gasteiger partial charge in [-0.05, 0) is 55.5 Å². The van der Waals surface area contributed by atoms with E-state index in [2.05, 4.69) is 17.9 Å². The van der Waals surface area contributed by atoms with Crippen LogP contribution in [0.2, 0.25) is 0 Å². The van der Waals surface area contributed by atoms with E-state index >= 15 is 0 Å². The molecule has 2 aliphatic heterocycles. The number of morpholine rings is 1. The molecule has 2 saturated heterocycles. The van der Waals surface area contributed by atoms with Crippen molar-refractivity contribution in [3.8, 4) is 0 Å². The maximum Gasteiger partial charge on any atom is 0.254 e. The van der Waals surface area contributed by atoms with Crippen LogP contribution in [0.25, 0.3) is 0 Å². The molecule has 142 valence electrons. The normalized spacial score (nSPS) is 20.6. The third-order valence-electron chi connectivity index (χ3n) is 5.62. The number of rotatable bonds is 3. The van der Waals surface area contributed by atoms with Crippen molar-refractivity contribution in [3.63, 3.8) is 0 Å². The number of pyridine rings is 1. The fourth-order valence-corrected chi connectivity index (χ4v) is 4.11. The lowest BCUT2D eigenvalue weighted by Gasteiger charge is -2.37. The van der Waals surface area contributed by atoms with Crippen molar-refractivity contribution in [1.29, 1.82) is 0 Å². The number of nitrogens with zero attached hydrogens (tertiary/aromatic N) is 3. The number of carbonyl (C=O) groups is 1. The molecule has 0 aliphatic carbocycles. The first-order chi connectivity index (χ1) is 13.2. The summed E-state index contributed by atoms with van der Waals surface area (Å²) in [5, 5.41) is 0. The Morgan fingerprint density at radius 3 is 2.63 bits per heavy atom. The van der Waals surface area contributed by atoms with Crippen molar-refractivity contribution in [2.75, 3.05) is 37.7 Å². The maximum absolute atomic E-state index is 13.1. The van der Waals surface area contributed by atoms with Crippen molar-refractivity contribution >= 4 is 11.7 Å². The molecule has 3 heterocycles. The number of anilines is 1. The first-order valence-electron chi connectivity index (χ1n) is 9.89. The molecule has 4 rings (SSSR count). The lowest BCUT2D eigenvalue weighted by molar-refractivity contribution is 0.0610. The Hall–Kier alpha value is -2.40. The van der Waals surface area contributed by atoms with E-state index in [9.17, 15) is 4.79 Å². The maximum atomic E-state index is 13.1. The first-order valence-corrected chi connectivity index (χ1v) is 9.89. The summed E-state index contributed by atoms with van der Waals surface area (Å²) in [6, 6.07) is 11.9. The van der Waals surface area contributed by atoms with Crippen LogP contribution in [-0.4, -0.2) is 48.6 Å². The predicted octanol–water partition coefficient (Wildman–Crippen LogP) is 3.59. The molecule has 0 bridgehead atoms. The van der Waals surface area contributed by atoms with Crippen LogP contribution in [0, 0.1) is 6.92 Å². The Morgan fingerprint density at radius 1 is 1.11 bits per heavy atom. The van der Waals surface area contributed by atoms with Crippen LogP contribution >= 0.6 is 0 Å². The van der Waals surface area contributed by atoms with E-state index in [1.807, 2.05) is 41.4 Å². The van der Waals surface area contributed by atoms with Crippen molar-refractivity contribution < 1.29 is 9.53 Å². The predicted molar refractivity (Wildman–Crippen MR) is 106 cm³/mol. The number of likely N-dealkylation sites (tertiary alicyclic amines) is 1. The number of hydrogen-bond donors (Lipinski definition) is 0. The number of ether oxygens (including phenoxy) is 1. The van der Waals surface area contributed by atoms with Gasteiger partial charge in [0.1, 0.15) is 5.82 Å². The molecule has 1 aromatic heterocycles. The van der Waals surface area contributed by atoms with Crippen LogP contribution < -0.4 is 4.90 Å². The van der Waals surface area contributed by atoms with Crippen LogP contribution in [-0.2, 0) is 4.74 Å². The van der Waals surface area contributed by atoms with Gasteiger partial charge in [-0.2, -0.15) is 0 Å². The number of aromatic nitrogens is 1. The number of aryl methyl sites for hydroxylation is 1. The smallest absolute Gasteiger partial charge is 0.254 e. The highest BCUT2D eigenvalue weighted by molar-refractivity contribution is 5.94. The highest BCUT2D eigenvalue weighted by atomic mass is 16.5.